The molecule has 1 aliphatic heterocycles. The maximum Gasteiger partial charge on any atom is 0.225 e. The van der Waals surface area contributed by atoms with Crippen LogP contribution in [0.2, 0.25) is 0 Å². The molecular formula is C12H22N2O. The molecule has 3 nitrogen and oxygen atoms in total. The summed E-state index contributed by atoms with van der Waals surface area (Å²) in [6, 6.07) is 0. The summed E-state index contributed by atoms with van der Waals surface area (Å²) in [5.74, 6) is 1.53. The maximum atomic E-state index is 12.0. The van der Waals surface area contributed by atoms with E-state index in [0.29, 0.717) is 11.8 Å². The first-order valence-electron chi connectivity index (χ1n) is 6.02. The van der Waals surface area contributed by atoms with Crippen LogP contribution in [0.25, 0.3) is 0 Å². The number of hydrogen-bond acceptors (Lipinski definition) is 2. The summed E-state index contributed by atoms with van der Waals surface area (Å²) in [6.07, 6.45) is 2.52. The molecule has 2 N–H and O–H groups in total. The molecule has 3 heteroatoms. The minimum Gasteiger partial charge on any atom is -0.339 e. The number of likely N-dealkylation sites (tertiary alicyclic amines) is 1. The van der Waals surface area contributed by atoms with Gasteiger partial charge in [-0.1, -0.05) is 20.8 Å². The predicted octanol–water partition coefficient (Wildman–Crippen LogP) is 1.23. The van der Waals surface area contributed by atoms with E-state index >= 15 is 0 Å². The zero-order valence-corrected chi connectivity index (χ0v) is 9.99. The van der Waals surface area contributed by atoms with Gasteiger partial charge in [0.05, 0.1) is 5.54 Å². The summed E-state index contributed by atoms with van der Waals surface area (Å²) in [5.41, 5.74) is 6.18. The molecule has 1 amide bonds. The number of nitrogens with zero attached hydrogens (tertiary/aromatic N) is 1. The Balaban J connectivity index is 1.85. The third-order valence-corrected chi connectivity index (χ3v) is 4.06. The van der Waals surface area contributed by atoms with E-state index in [2.05, 4.69) is 13.8 Å². The number of hydrogen-bond donors (Lipinski definition) is 1. The molecule has 0 aromatic heterocycles. The molecule has 1 heterocycles. The van der Waals surface area contributed by atoms with Gasteiger partial charge in [-0.15, -0.1) is 0 Å². The van der Waals surface area contributed by atoms with Crippen LogP contribution >= 0.6 is 0 Å². The van der Waals surface area contributed by atoms with Crippen molar-refractivity contribution in [1.29, 1.82) is 0 Å². The number of carbonyl (C=O) groups excluding carboxylic acids is 1. The molecule has 0 aromatic carbocycles. The lowest BCUT2D eigenvalue weighted by Crippen LogP contribution is -2.70. The third kappa shape index (κ3) is 1.89. The summed E-state index contributed by atoms with van der Waals surface area (Å²) in [7, 11) is 0. The van der Waals surface area contributed by atoms with E-state index in [4.69, 9.17) is 5.73 Å². The van der Waals surface area contributed by atoms with E-state index < -0.39 is 0 Å². The SMILES string of the molecule is CC(C)C(C)C(=O)N1CC(N)(C2CC2)C1. The van der Waals surface area contributed by atoms with Crippen LogP contribution in [0.5, 0.6) is 0 Å². The number of amides is 1. The van der Waals surface area contributed by atoms with Crippen molar-refractivity contribution < 1.29 is 4.79 Å². The fraction of sp³-hybridized carbons (Fsp3) is 0.917. The van der Waals surface area contributed by atoms with Gasteiger partial charge in [0.1, 0.15) is 0 Å². The lowest BCUT2D eigenvalue weighted by Gasteiger charge is -2.49. The van der Waals surface area contributed by atoms with Crippen LogP contribution in [0, 0.1) is 17.8 Å². The van der Waals surface area contributed by atoms with Gasteiger partial charge in [0, 0.05) is 19.0 Å². The third-order valence-electron chi connectivity index (χ3n) is 4.06. The molecule has 2 fully saturated rings. The van der Waals surface area contributed by atoms with Crippen molar-refractivity contribution in [3.8, 4) is 0 Å². The topological polar surface area (TPSA) is 46.3 Å². The Labute approximate surface area is 92.0 Å². The van der Waals surface area contributed by atoms with Crippen LogP contribution in [0.1, 0.15) is 33.6 Å². The highest BCUT2D eigenvalue weighted by Crippen LogP contribution is 2.43. The van der Waals surface area contributed by atoms with E-state index in [0.717, 1.165) is 13.1 Å². The minimum atomic E-state index is -0.0354. The summed E-state index contributed by atoms with van der Waals surface area (Å²) >= 11 is 0. The Hall–Kier alpha value is -0.570. The van der Waals surface area contributed by atoms with Crippen LogP contribution in [-0.2, 0) is 4.79 Å². The molecule has 0 spiro atoms. The molecule has 0 bridgehead atoms. The summed E-state index contributed by atoms with van der Waals surface area (Å²) in [6.45, 7) is 7.78. The average Bonchev–Trinajstić information content (AvgIpc) is 2.93. The van der Waals surface area contributed by atoms with Gasteiger partial charge < -0.3 is 10.6 Å². The van der Waals surface area contributed by atoms with Crippen molar-refractivity contribution >= 4 is 5.91 Å². The lowest BCUT2D eigenvalue weighted by molar-refractivity contribution is -0.144. The van der Waals surface area contributed by atoms with Gasteiger partial charge in [0.25, 0.3) is 0 Å². The lowest BCUT2D eigenvalue weighted by atomic mass is 9.84. The van der Waals surface area contributed by atoms with Crippen LogP contribution < -0.4 is 5.73 Å². The second kappa shape index (κ2) is 3.48. The van der Waals surface area contributed by atoms with Crippen molar-refractivity contribution in [2.24, 2.45) is 23.5 Å². The molecule has 1 unspecified atom stereocenters. The second-order valence-corrected chi connectivity index (χ2v) is 5.73. The fourth-order valence-corrected chi connectivity index (χ4v) is 2.31. The van der Waals surface area contributed by atoms with Crippen molar-refractivity contribution in [1.82, 2.24) is 4.90 Å². The summed E-state index contributed by atoms with van der Waals surface area (Å²) in [5, 5.41) is 0. The van der Waals surface area contributed by atoms with E-state index in [1.807, 2.05) is 11.8 Å². The second-order valence-electron chi connectivity index (χ2n) is 5.73. The normalized spacial score (nSPS) is 26.3. The summed E-state index contributed by atoms with van der Waals surface area (Å²) < 4.78 is 0. The van der Waals surface area contributed by atoms with E-state index in [9.17, 15) is 4.79 Å². The smallest absolute Gasteiger partial charge is 0.225 e. The Morgan fingerprint density at radius 3 is 2.27 bits per heavy atom. The fourth-order valence-electron chi connectivity index (χ4n) is 2.31. The predicted molar refractivity (Wildman–Crippen MR) is 60.2 cm³/mol. The van der Waals surface area contributed by atoms with E-state index in [-0.39, 0.29) is 17.4 Å². The zero-order chi connectivity index (χ0) is 11.2. The minimum absolute atomic E-state index is 0.0354. The van der Waals surface area contributed by atoms with E-state index in [1.54, 1.807) is 0 Å². The first kappa shape index (κ1) is 10.9. The molecule has 1 saturated heterocycles. The monoisotopic (exact) mass is 210 g/mol. The van der Waals surface area contributed by atoms with Crippen molar-refractivity contribution in [2.45, 2.75) is 39.2 Å². The van der Waals surface area contributed by atoms with Gasteiger partial charge >= 0.3 is 0 Å². The van der Waals surface area contributed by atoms with Crippen molar-refractivity contribution in [2.75, 3.05) is 13.1 Å². The molecule has 2 aliphatic rings. The standard InChI is InChI=1S/C12H22N2O/c1-8(2)9(3)11(15)14-6-12(13,7-14)10-4-5-10/h8-10H,4-7,13H2,1-3H3. The summed E-state index contributed by atoms with van der Waals surface area (Å²) in [4.78, 5) is 13.9. The van der Waals surface area contributed by atoms with Gasteiger partial charge in [-0.05, 0) is 24.7 Å². The quantitative estimate of drug-likeness (QED) is 0.761. The Kier molecular flexibility index (Phi) is 2.53. The molecular weight excluding hydrogens is 188 g/mol. The first-order chi connectivity index (χ1) is 6.94. The number of carbonyl (C=O) groups is 1. The average molecular weight is 210 g/mol. The van der Waals surface area contributed by atoms with E-state index in [1.165, 1.54) is 12.8 Å². The van der Waals surface area contributed by atoms with Crippen LogP contribution in [-0.4, -0.2) is 29.4 Å². The highest BCUT2D eigenvalue weighted by Gasteiger charge is 2.52. The van der Waals surface area contributed by atoms with Gasteiger partial charge in [-0.25, -0.2) is 0 Å². The van der Waals surface area contributed by atoms with Crippen molar-refractivity contribution in [3.05, 3.63) is 0 Å². The molecule has 2 rings (SSSR count). The zero-order valence-electron chi connectivity index (χ0n) is 9.99. The van der Waals surface area contributed by atoms with Crippen LogP contribution in [0.3, 0.4) is 0 Å². The van der Waals surface area contributed by atoms with Crippen LogP contribution in [0.4, 0.5) is 0 Å². The largest absolute Gasteiger partial charge is 0.339 e. The molecule has 1 saturated carbocycles. The highest BCUT2D eigenvalue weighted by molar-refractivity contribution is 5.80. The van der Waals surface area contributed by atoms with Crippen molar-refractivity contribution in [3.63, 3.8) is 0 Å². The molecule has 0 radical (unpaired) electrons. The Morgan fingerprint density at radius 2 is 1.87 bits per heavy atom. The molecule has 1 atom stereocenters. The number of nitrogens with two attached hydrogens (primary N) is 1. The van der Waals surface area contributed by atoms with Crippen LogP contribution in [0.15, 0.2) is 0 Å². The van der Waals surface area contributed by atoms with Gasteiger partial charge in [0.15, 0.2) is 0 Å². The number of rotatable bonds is 3. The highest BCUT2D eigenvalue weighted by atomic mass is 16.2. The van der Waals surface area contributed by atoms with Gasteiger partial charge in [-0.3, -0.25) is 4.79 Å². The molecule has 1 aliphatic carbocycles. The van der Waals surface area contributed by atoms with Gasteiger partial charge in [-0.2, -0.15) is 0 Å². The maximum absolute atomic E-state index is 12.0. The molecule has 86 valence electrons. The Bertz CT molecular complexity index is 265. The molecule has 15 heavy (non-hydrogen) atoms. The van der Waals surface area contributed by atoms with Gasteiger partial charge in [0.2, 0.25) is 5.91 Å². The Morgan fingerprint density at radius 1 is 1.33 bits per heavy atom. The molecule has 0 aromatic rings. The first-order valence-corrected chi connectivity index (χ1v) is 6.02.